The second-order valence-corrected chi connectivity index (χ2v) is 9.51. The van der Waals surface area contributed by atoms with E-state index < -0.39 is 0 Å². The summed E-state index contributed by atoms with van der Waals surface area (Å²) in [6.07, 6.45) is 1.39. The van der Waals surface area contributed by atoms with Gasteiger partial charge in [-0.1, -0.05) is 27.7 Å². The molecule has 0 radical (unpaired) electrons. The Bertz CT molecular complexity index is 693. The molecule has 0 aliphatic rings. The molecule has 0 aliphatic carbocycles. The molecule has 0 bridgehead atoms. The second-order valence-electron chi connectivity index (χ2n) is 9.51. The van der Waals surface area contributed by atoms with Crippen molar-refractivity contribution in [3.05, 3.63) is 23.8 Å². The third-order valence-corrected chi connectivity index (χ3v) is 4.70. The summed E-state index contributed by atoms with van der Waals surface area (Å²) in [6, 6.07) is 5.82. The Morgan fingerprint density at radius 1 is 1.10 bits per heavy atom. The molecule has 3 amide bonds. The maximum atomic E-state index is 13.1. The molecule has 164 valence electrons. The number of nitrogens with one attached hydrogen (secondary N) is 2. The zero-order chi connectivity index (χ0) is 22.4. The molecule has 6 nitrogen and oxygen atoms in total. The minimum atomic E-state index is -0.230. The number of rotatable bonds is 8. The summed E-state index contributed by atoms with van der Waals surface area (Å²) < 4.78 is 0. The SMILES string of the molecule is CC[C@@H](C)N(Cc1cc(NC(=O)NC(C)C)ccc1N(C)C)C(=O)CC(C)(C)C. The van der Waals surface area contributed by atoms with Crippen molar-refractivity contribution in [3.8, 4) is 0 Å². The number of hydrogen-bond donors (Lipinski definition) is 2. The largest absolute Gasteiger partial charge is 0.377 e. The highest BCUT2D eigenvalue weighted by Crippen LogP contribution is 2.27. The van der Waals surface area contributed by atoms with Crippen LogP contribution in [0.4, 0.5) is 16.2 Å². The highest BCUT2D eigenvalue weighted by molar-refractivity contribution is 5.90. The molecule has 6 heteroatoms. The van der Waals surface area contributed by atoms with E-state index in [0.29, 0.717) is 13.0 Å². The molecule has 0 saturated carbocycles. The van der Waals surface area contributed by atoms with E-state index in [9.17, 15) is 9.59 Å². The average Bonchev–Trinajstić information content (AvgIpc) is 2.56. The van der Waals surface area contributed by atoms with E-state index in [1.807, 2.05) is 55.9 Å². The number of urea groups is 1. The van der Waals surface area contributed by atoms with Gasteiger partial charge in [-0.3, -0.25) is 4.79 Å². The summed E-state index contributed by atoms with van der Waals surface area (Å²) in [5.74, 6) is 0.160. The summed E-state index contributed by atoms with van der Waals surface area (Å²) in [6.45, 7) is 14.8. The van der Waals surface area contributed by atoms with Gasteiger partial charge in [-0.2, -0.15) is 0 Å². The zero-order valence-electron chi connectivity index (χ0n) is 19.7. The van der Waals surface area contributed by atoms with Gasteiger partial charge >= 0.3 is 6.03 Å². The number of hydrogen-bond acceptors (Lipinski definition) is 3. The number of carbonyl (C=O) groups is 2. The van der Waals surface area contributed by atoms with Crippen molar-refractivity contribution in [1.82, 2.24) is 10.2 Å². The van der Waals surface area contributed by atoms with E-state index in [2.05, 4.69) is 45.3 Å². The highest BCUT2D eigenvalue weighted by atomic mass is 16.2. The first kappa shape index (κ1) is 24.8. The van der Waals surface area contributed by atoms with E-state index in [-0.39, 0.29) is 29.4 Å². The zero-order valence-corrected chi connectivity index (χ0v) is 19.7. The van der Waals surface area contributed by atoms with Crippen LogP contribution in [0.15, 0.2) is 18.2 Å². The fourth-order valence-electron chi connectivity index (χ4n) is 3.10. The third-order valence-electron chi connectivity index (χ3n) is 4.70. The summed E-state index contributed by atoms with van der Waals surface area (Å²) >= 11 is 0. The minimum absolute atomic E-state index is 0.0615. The first-order chi connectivity index (χ1) is 13.3. The number of anilines is 2. The van der Waals surface area contributed by atoms with Crippen molar-refractivity contribution in [2.24, 2.45) is 5.41 Å². The van der Waals surface area contributed by atoms with E-state index in [4.69, 9.17) is 0 Å². The lowest BCUT2D eigenvalue weighted by atomic mass is 9.91. The number of carbonyl (C=O) groups excluding carboxylic acids is 2. The summed E-state index contributed by atoms with van der Waals surface area (Å²) in [7, 11) is 3.98. The standard InChI is InChI=1S/C23H40N4O2/c1-10-17(4)27(21(28)14-23(5,6)7)15-18-13-19(11-12-20(18)26(8)9)25-22(29)24-16(2)3/h11-13,16-17H,10,14-15H2,1-9H3,(H2,24,25,29)/t17-/m1/s1. The van der Waals surface area contributed by atoms with Crippen LogP contribution in [0.25, 0.3) is 0 Å². The second kappa shape index (κ2) is 10.5. The van der Waals surface area contributed by atoms with Crippen molar-refractivity contribution in [1.29, 1.82) is 0 Å². The molecule has 1 rings (SSSR count). The molecule has 0 aromatic heterocycles. The molecule has 1 atom stereocenters. The van der Waals surface area contributed by atoms with Crippen molar-refractivity contribution >= 4 is 23.3 Å². The third kappa shape index (κ3) is 8.34. The molecular weight excluding hydrogens is 364 g/mol. The van der Waals surface area contributed by atoms with Gasteiger partial charge in [0, 0.05) is 50.5 Å². The number of amides is 3. The van der Waals surface area contributed by atoms with Gasteiger partial charge in [-0.15, -0.1) is 0 Å². The lowest BCUT2D eigenvalue weighted by molar-refractivity contribution is -0.135. The first-order valence-electron chi connectivity index (χ1n) is 10.5. The lowest BCUT2D eigenvalue weighted by Gasteiger charge is -2.33. The molecule has 2 N–H and O–H groups in total. The van der Waals surface area contributed by atoms with Crippen LogP contribution in [-0.2, 0) is 11.3 Å². The fraction of sp³-hybridized carbons (Fsp3) is 0.652. The Kier molecular flexibility index (Phi) is 8.99. The van der Waals surface area contributed by atoms with Crippen LogP contribution in [0.2, 0.25) is 0 Å². The monoisotopic (exact) mass is 404 g/mol. The van der Waals surface area contributed by atoms with Crippen molar-refractivity contribution in [2.45, 2.75) is 79.9 Å². The maximum absolute atomic E-state index is 13.1. The van der Waals surface area contributed by atoms with Crippen LogP contribution in [-0.4, -0.2) is 43.0 Å². The summed E-state index contributed by atoms with van der Waals surface area (Å²) in [5, 5.41) is 5.73. The normalized spacial score (nSPS) is 12.5. The van der Waals surface area contributed by atoms with E-state index in [1.165, 1.54) is 0 Å². The van der Waals surface area contributed by atoms with Gasteiger partial charge in [0.15, 0.2) is 0 Å². The lowest BCUT2D eigenvalue weighted by Crippen LogP contribution is -2.39. The van der Waals surface area contributed by atoms with Gasteiger partial charge < -0.3 is 20.4 Å². The Morgan fingerprint density at radius 2 is 1.72 bits per heavy atom. The maximum Gasteiger partial charge on any atom is 0.319 e. The first-order valence-corrected chi connectivity index (χ1v) is 10.5. The van der Waals surface area contributed by atoms with Crippen LogP contribution in [0, 0.1) is 5.41 Å². The number of nitrogens with zero attached hydrogens (tertiary/aromatic N) is 2. The van der Waals surface area contributed by atoms with E-state index in [0.717, 1.165) is 23.4 Å². The molecule has 1 aromatic rings. The molecular formula is C23H40N4O2. The molecule has 0 heterocycles. The predicted octanol–water partition coefficient (Wildman–Crippen LogP) is 4.85. The Morgan fingerprint density at radius 3 is 2.21 bits per heavy atom. The van der Waals surface area contributed by atoms with Crippen LogP contribution in [0.3, 0.4) is 0 Å². The number of benzene rings is 1. The summed E-state index contributed by atoms with van der Waals surface area (Å²) in [5.41, 5.74) is 2.71. The van der Waals surface area contributed by atoms with E-state index >= 15 is 0 Å². The van der Waals surface area contributed by atoms with Crippen LogP contribution in [0.5, 0.6) is 0 Å². The van der Waals surface area contributed by atoms with Gasteiger partial charge in [-0.05, 0) is 56.4 Å². The molecule has 0 fully saturated rings. The quantitative estimate of drug-likeness (QED) is 0.651. The molecule has 0 saturated heterocycles. The smallest absolute Gasteiger partial charge is 0.319 e. The fourth-order valence-corrected chi connectivity index (χ4v) is 3.10. The molecule has 1 aromatic carbocycles. The van der Waals surface area contributed by atoms with Gasteiger partial charge in [0.2, 0.25) is 5.91 Å². The van der Waals surface area contributed by atoms with Gasteiger partial charge in [-0.25, -0.2) is 4.79 Å². The Labute approximate surface area is 177 Å². The van der Waals surface area contributed by atoms with Crippen LogP contribution < -0.4 is 15.5 Å². The van der Waals surface area contributed by atoms with E-state index in [1.54, 1.807) is 0 Å². The topological polar surface area (TPSA) is 64.7 Å². The van der Waals surface area contributed by atoms with Crippen molar-refractivity contribution < 1.29 is 9.59 Å². The average molecular weight is 405 g/mol. The van der Waals surface area contributed by atoms with Crippen LogP contribution >= 0.6 is 0 Å². The predicted molar refractivity (Wildman–Crippen MR) is 122 cm³/mol. The van der Waals surface area contributed by atoms with Crippen LogP contribution in [0.1, 0.15) is 66.9 Å². The Balaban J connectivity index is 3.19. The van der Waals surface area contributed by atoms with Crippen molar-refractivity contribution in [2.75, 3.05) is 24.3 Å². The molecule has 0 aliphatic heterocycles. The van der Waals surface area contributed by atoms with Crippen molar-refractivity contribution in [3.63, 3.8) is 0 Å². The van der Waals surface area contributed by atoms with Gasteiger partial charge in [0.25, 0.3) is 0 Å². The summed E-state index contributed by atoms with van der Waals surface area (Å²) in [4.78, 5) is 29.2. The highest BCUT2D eigenvalue weighted by Gasteiger charge is 2.25. The molecule has 0 spiro atoms. The Hall–Kier alpha value is -2.24. The minimum Gasteiger partial charge on any atom is -0.377 e. The molecule has 29 heavy (non-hydrogen) atoms. The molecule has 0 unspecified atom stereocenters. The van der Waals surface area contributed by atoms with Gasteiger partial charge in [0.1, 0.15) is 0 Å². The van der Waals surface area contributed by atoms with Gasteiger partial charge in [0.05, 0.1) is 0 Å².